The summed E-state index contributed by atoms with van der Waals surface area (Å²) in [6.45, 7) is 9.78. The van der Waals surface area contributed by atoms with E-state index < -0.39 is 0 Å². The van der Waals surface area contributed by atoms with Crippen molar-refractivity contribution < 1.29 is 14.6 Å². The van der Waals surface area contributed by atoms with Gasteiger partial charge in [-0.2, -0.15) is 0 Å². The van der Waals surface area contributed by atoms with E-state index >= 15 is 0 Å². The highest BCUT2D eigenvalue weighted by atomic mass is 127. The van der Waals surface area contributed by atoms with Crippen LogP contribution in [0.1, 0.15) is 51.1 Å². The minimum atomic E-state index is -0.270. The van der Waals surface area contributed by atoms with Gasteiger partial charge in [0.2, 0.25) is 0 Å². The van der Waals surface area contributed by atoms with Crippen molar-refractivity contribution in [3.05, 3.63) is 29.8 Å². The quantitative estimate of drug-likeness (QED) is 0.258. The number of morpholine rings is 1. The Hall–Kier alpha value is -1.10. The second kappa shape index (κ2) is 13.6. The van der Waals surface area contributed by atoms with Crippen molar-refractivity contribution in [2.75, 3.05) is 53.0 Å². The molecule has 1 saturated heterocycles. The number of aliphatic hydroxyl groups excluding tert-OH is 1. The largest absolute Gasteiger partial charge is 0.497 e. The molecule has 3 unspecified atom stereocenters. The van der Waals surface area contributed by atoms with Gasteiger partial charge in [-0.15, -0.1) is 24.0 Å². The number of ether oxygens (including phenoxy) is 2. The van der Waals surface area contributed by atoms with Gasteiger partial charge in [0.1, 0.15) is 5.75 Å². The van der Waals surface area contributed by atoms with E-state index in [9.17, 15) is 5.11 Å². The van der Waals surface area contributed by atoms with Gasteiger partial charge in [0.05, 0.1) is 39.0 Å². The molecule has 3 atom stereocenters. The number of guanidine groups is 1. The zero-order valence-electron chi connectivity index (χ0n) is 19.8. The SMILES string of the molecule is CCNC(=NCC1(C)CCCCC1O)NCC(c1ccc(OC)cc1)N1CCOCC1.I. The number of halogens is 1. The Morgan fingerprint density at radius 1 is 1.25 bits per heavy atom. The fourth-order valence-electron chi connectivity index (χ4n) is 4.53. The lowest BCUT2D eigenvalue weighted by molar-refractivity contribution is 0.00711. The van der Waals surface area contributed by atoms with Gasteiger partial charge in [-0.3, -0.25) is 9.89 Å². The van der Waals surface area contributed by atoms with Crippen LogP contribution in [0.25, 0.3) is 0 Å². The Morgan fingerprint density at radius 3 is 2.59 bits per heavy atom. The van der Waals surface area contributed by atoms with Crippen molar-refractivity contribution >= 4 is 29.9 Å². The lowest BCUT2D eigenvalue weighted by atomic mass is 9.73. The average molecular weight is 561 g/mol. The molecule has 1 aliphatic heterocycles. The van der Waals surface area contributed by atoms with E-state index in [1.54, 1.807) is 7.11 Å². The standard InChI is InChI=1S/C24H40N4O3.HI/c1-4-25-23(27-18-24(2)12-6-5-7-22(24)29)26-17-21(28-13-15-31-16-14-28)19-8-10-20(30-3)11-9-19;/h8-11,21-22,29H,4-7,12-18H2,1-3H3,(H2,25,26,27);1H. The molecule has 2 fully saturated rings. The molecule has 182 valence electrons. The third-order valence-electron chi connectivity index (χ3n) is 6.67. The molecule has 8 heteroatoms. The summed E-state index contributed by atoms with van der Waals surface area (Å²) in [4.78, 5) is 7.34. The molecule has 3 rings (SSSR count). The Labute approximate surface area is 210 Å². The van der Waals surface area contributed by atoms with E-state index in [0.29, 0.717) is 6.54 Å². The first kappa shape index (κ1) is 27.1. The summed E-state index contributed by atoms with van der Waals surface area (Å²) < 4.78 is 10.9. The zero-order valence-corrected chi connectivity index (χ0v) is 22.1. The first-order valence-corrected chi connectivity index (χ1v) is 11.7. The number of nitrogens with one attached hydrogen (secondary N) is 2. The molecule has 0 bridgehead atoms. The number of aliphatic hydroxyl groups is 1. The summed E-state index contributed by atoms with van der Waals surface area (Å²) >= 11 is 0. The number of rotatable bonds is 8. The molecule has 1 heterocycles. The third kappa shape index (κ3) is 7.46. The van der Waals surface area contributed by atoms with Gasteiger partial charge in [-0.25, -0.2) is 0 Å². The minimum Gasteiger partial charge on any atom is -0.497 e. The maximum Gasteiger partial charge on any atom is 0.191 e. The molecular formula is C24H41IN4O3. The number of hydrogen-bond acceptors (Lipinski definition) is 5. The fraction of sp³-hybridized carbons (Fsp3) is 0.708. The van der Waals surface area contributed by atoms with Crippen LogP contribution in [-0.2, 0) is 4.74 Å². The monoisotopic (exact) mass is 560 g/mol. The summed E-state index contributed by atoms with van der Waals surface area (Å²) in [5.41, 5.74) is 1.11. The molecule has 0 spiro atoms. The van der Waals surface area contributed by atoms with Gasteiger partial charge < -0.3 is 25.2 Å². The van der Waals surface area contributed by atoms with Gasteiger partial charge in [0.15, 0.2) is 5.96 Å². The summed E-state index contributed by atoms with van der Waals surface area (Å²) in [7, 11) is 1.69. The molecule has 1 aromatic rings. The van der Waals surface area contributed by atoms with Gasteiger partial charge >= 0.3 is 0 Å². The number of methoxy groups -OCH3 is 1. The first-order chi connectivity index (χ1) is 15.1. The van der Waals surface area contributed by atoms with E-state index in [0.717, 1.165) is 70.4 Å². The van der Waals surface area contributed by atoms with Crippen molar-refractivity contribution in [1.29, 1.82) is 0 Å². The molecule has 1 aromatic carbocycles. The van der Waals surface area contributed by atoms with E-state index in [4.69, 9.17) is 14.5 Å². The minimum absolute atomic E-state index is 0. The number of hydrogen-bond donors (Lipinski definition) is 3. The smallest absolute Gasteiger partial charge is 0.191 e. The molecular weight excluding hydrogens is 519 g/mol. The second-order valence-electron chi connectivity index (χ2n) is 8.93. The molecule has 3 N–H and O–H groups in total. The van der Waals surface area contributed by atoms with Crippen molar-refractivity contribution in [2.45, 2.75) is 51.7 Å². The van der Waals surface area contributed by atoms with Crippen LogP contribution in [0.15, 0.2) is 29.3 Å². The van der Waals surface area contributed by atoms with E-state index in [1.165, 1.54) is 12.0 Å². The molecule has 2 aliphatic rings. The Balaban J connectivity index is 0.00000363. The van der Waals surface area contributed by atoms with Crippen molar-refractivity contribution in [1.82, 2.24) is 15.5 Å². The predicted molar refractivity (Wildman–Crippen MR) is 140 cm³/mol. The van der Waals surface area contributed by atoms with Gasteiger partial charge in [0.25, 0.3) is 0 Å². The lowest BCUT2D eigenvalue weighted by Crippen LogP contribution is -2.47. The molecule has 32 heavy (non-hydrogen) atoms. The fourth-order valence-corrected chi connectivity index (χ4v) is 4.53. The number of aliphatic imine (C=N–C) groups is 1. The summed E-state index contributed by atoms with van der Waals surface area (Å²) in [5.74, 6) is 1.68. The number of benzene rings is 1. The third-order valence-corrected chi connectivity index (χ3v) is 6.67. The maximum atomic E-state index is 10.5. The molecule has 1 saturated carbocycles. The van der Waals surface area contributed by atoms with E-state index in [-0.39, 0.29) is 41.5 Å². The molecule has 0 radical (unpaired) electrons. The van der Waals surface area contributed by atoms with Gasteiger partial charge in [-0.1, -0.05) is 31.9 Å². The van der Waals surface area contributed by atoms with Crippen LogP contribution in [-0.4, -0.2) is 75.1 Å². The summed E-state index contributed by atoms with van der Waals surface area (Å²) in [6.07, 6.45) is 3.92. The molecule has 0 amide bonds. The van der Waals surface area contributed by atoms with Crippen molar-refractivity contribution in [3.63, 3.8) is 0 Å². The lowest BCUT2D eigenvalue weighted by Gasteiger charge is -2.37. The van der Waals surface area contributed by atoms with Crippen molar-refractivity contribution in [3.8, 4) is 5.75 Å². The van der Waals surface area contributed by atoms with Crippen LogP contribution in [0.2, 0.25) is 0 Å². The Kier molecular flexibility index (Phi) is 11.5. The van der Waals surface area contributed by atoms with E-state index in [2.05, 4.69) is 41.5 Å². The van der Waals surface area contributed by atoms with Crippen molar-refractivity contribution in [2.24, 2.45) is 10.4 Å². The van der Waals surface area contributed by atoms with Gasteiger partial charge in [-0.05, 0) is 37.5 Å². The molecule has 1 aliphatic carbocycles. The van der Waals surface area contributed by atoms with E-state index in [1.807, 2.05) is 12.1 Å². The normalized spacial score (nSPS) is 25.5. The maximum absolute atomic E-state index is 10.5. The Bertz CT molecular complexity index is 697. The predicted octanol–water partition coefficient (Wildman–Crippen LogP) is 3.18. The summed E-state index contributed by atoms with van der Waals surface area (Å²) in [6, 6.07) is 8.55. The second-order valence-corrected chi connectivity index (χ2v) is 8.93. The molecule has 7 nitrogen and oxygen atoms in total. The van der Waals surface area contributed by atoms with Gasteiger partial charge in [0, 0.05) is 31.6 Å². The van der Waals surface area contributed by atoms with Crippen LogP contribution in [0.4, 0.5) is 0 Å². The average Bonchev–Trinajstić information content (AvgIpc) is 2.81. The topological polar surface area (TPSA) is 78.4 Å². The van der Waals surface area contributed by atoms with Crippen LogP contribution in [0, 0.1) is 5.41 Å². The molecule has 0 aromatic heterocycles. The highest BCUT2D eigenvalue weighted by Crippen LogP contribution is 2.36. The highest BCUT2D eigenvalue weighted by molar-refractivity contribution is 14.0. The van der Waals surface area contributed by atoms with Crippen LogP contribution in [0.5, 0.6) is 5.75 Å². The first-order valence-electron chi connectivity index (χ1n) is 11.7. The van der Waals surface area contributed by atoms with Crippen LogP contribution in [0.3, 0.4) is 0 Å². The van der Waals surface area contributed by atoms with Crippen LogP contribution < -0.4 is 15.4 Å². The zero-order chi connectivity index (χ0) is 22.1. The number of nitrogens with zero attached hydrogens (tertiary/aromatic N) is 2. The Morgan fingerprint density at radius 2 is 1.97 bits per heavy atom. The highest BCUT2D eigenvalue weighted by Gasteiger charge is 2.35. The summed E-state index contributed by atoms with van der Waals surface area (Å²) in [5, 5.41) is 17.4. The van der Waals surface area contributed by atoms with Crippen LogP contribution >= 0.6 is 24.0 Å².